The lowest BCUT2D eigenvalue weighted by atomic mass is 10.1. The quantitative estimate of drug-likeness (QED) is 0.578. The van der Waals surface area contributed by atoms with E-state index in [0.29, 0.717) is 6.61 Å². The van der Waals surface area contributed by atoms with Crippen LogP contribution in [0.1, 0.15) is 38.1 Å². The summed E-state index contributed by atoms with van der Waals surface area (Å²) in [6, 6.07) is 3.63. The molecule has 1 aromatic rings. The van der Waals surface area contributed by atoms with Gasteiger partial charge in [0.05, 0.1) is 19.3 Å². The molecule has 0 aliphatic rings. The van der Waals surface area contributed by atoms with Crippen LogP contribution in [-0.2, 0) is 24.3 Å². The maximum absolute atomic E-state index is 12.6. The van der Waals surface area contributed by atoms with Gasteiger partial charge in [-0.2, -0.15) is 0 Å². The third-order valence-corrected chi connectivity index (χ3v) is 5.07. The Balaban J connectivity index is 2.95. The lowest BCUT2D eigenvalue weighted by Gasteiger charge is -2.21. The van der Waals surface area contributed by atoms with Crippen molar-refractivity contribution in [2.75, 3.05) is 27.4 Å². The molecule has 9 nitrogen and oxygen atoms in total. The SMILES string of the molecule is COCC(C)NC(=O)COC(=O)c1ccc(OC)c(S(=O)(=O)NC(C)(C)C)c1. The highest BCUT2D eigenvalue weighted by Gasteiger charge is 2.26. The fourth-order valence-electron chi connectivity index (χ4n) is 2.29. The van der Waals surface area contributed by atoms with Crippen LogP contribution in [0.5, 0.6) is 5.75 Å². The van der Waals surface area contributed by atoms with Gasteiger partial charge in [-0.15, -0.1) is 0 Å². The van der Waals surface area contributed by atoms with Crippen LogP contribution in [-0.4, -0.2) is 59.3 Å². The number of carbonyl (C=O) groups is 2. The molecule has 0 aliphatic carbocycles. The summed E-state index contributed by atoms with van der Waals surface area (Å²) in [5.41, 5.74) is -0.745. The number of rotatable bonds is 9. The number of ether oxygens (including phenoxy) is 3. The van der Waals surface area contributed by atoms with Crippen LogP contribution in [0.2, 0.25) is 0 Å². The van der Waals surface area contributed by atoms with Gasteiger partial charge < -0.3 is 19.5 Å². The lowest BCUT2D eigenvalue weighted by molar-refractivity contribution is -0.125. The van der Waals surface area contributed by atoms with Crippen LogP contribution in [0.3, 0.4) is 0 Å². The first kappa shape index (κ1) is 23.9. The van der Waals surface area contributed by atoms with E-state index >= 15 is 0 Å². The normalized spacial score (nSPS) is 12.9. The van der Waals surface area contributed by atoms with Crippen LogP contribution in [0.15, 0.2) is 23.1 Å². The topological polar surface area (TPSA) is 120 Å². The number of nitrogens with one attached hydrogen (secondary N) is 2. The summed E-state index contributed by atoms with van der Waals surface area (Å²) in [6.45, 7) is 6.64. The summed E-state index contributed by atoms with van der Waals surface area (Å²) >= 11 is 0. The maximum atomic E-state index is 12.6. The maximum Gasteiger partial charge on any atom is 0.338 e. The highest BCUT2D eigenvalue weighted by molar-refractivity contribution is 7.89. The fraction of sp³-hybridized carbons (Fsp3) is 0.556. The molecule has 0 aliphatic heterocycles. The molecular formula is C18H28N2O7S. The van der Waals surface area contributed by atoms with Crippen molar-refractivity contribution in [2.45, 2.75) is 44.2 Å². The van der Waals surface area contributed by atoms with Crippen LogP contribution < -0.4 is 14.8 Å². The number of sulfonamides is 1. The van der Waals surface area contributed by atoms with Crippen LogP contribution in [0.4, 0.5) is 0 Å². The minimum atomic E-state index is -3.95. The van der Waals surface area contributed by atoms with E-state index in [2.05, 4.69) is 10.0 Å². The Hall–Kier alpha value is -2.17. The second-order valence-electron chi connectivity index (χ2n) is 7.22. The second kappa shape index (κ2) is 9.85. The molecule has 1 rings (SSSR count). The van der Waals surface area contributed by atoms with Crippen LogP contribution in [0, 0.1) is 0 Å². The van der Waals surface area contributed by atoms with Gasteiger partial charge >= 0.3 is 5.97 Å². The van der Waals surface area contributed by atoms with Gasteiger partial charge in [0.2, 0.25) is 10.0 Å². The van der Waals surface area contributed by atoms with Crippen molar-refractivity contribution < 1.29 is 32.2 Å². The highest BCUT2D eigenvalue weighted by Crippen LogP contribution is 2.26. The number of benzene rings is 1. The molecular weight excluding hydrogens is 388 g/mol. The van der Waals surface area contributed by atoms with Crippen molar-refractivity contribution in [1.82, 2.24) is 10.0 Å². The van der Waals surface area contributed by atoms with E-state index in [1.165, 1.54) is 26.4 Å². The standard InChI is InChI=1S/C18H28N2O7S/c1-12(10-25-5)19-16(21)11-27-17(22)13-7-8-14(26-6)15(9-13)28(23,24)20-18(2,3)4/h7-9,12,20H,10-11H2,1-6H3,(H,19,21). The summed E-state index contributed by atoms with van der Waals surface area (Å²) in [7, 11) is -1.11. The van der Waals surface area contributed by atoms with E-state index in [1.807, 2.05) is 0 Å². The molecule has 0 spiro atoms. The van der Waals surface area contributed by atoms with E-state index in [1.54, 1.807) is 27.7 Å². The van der Waals surface area contributed by atoms with Gasteiger partial charge in [0.1, 0.15) is 10.6 Å². The molecule has 1 unspecified atom stereocenters. The van der Waals surface area contributed by atoms with E-state index in [0.717, 1.165) is 6.07 Å². The summed E-state index contributed by atoms with van der Waals surface area (Å²) in [4.78, 5) is 23.8. The molecule has 0 heterocycles. The molecule has 28 heavy (non-hydrogen) atoms. The van der Waals surface area contributed by atoms with E-state index < -0.39 is 34.0 Å². The molecule has 1 aromatic carbocycles. The number of hydrogen-bond acceptors (Lipinski definition) is 7. The zero-order valence-corrected chi connectivity index (χ0v) is 17.8. The Kier molecular flexibility index (Phi) is 8.40. The number of methoxy groups -OCH3 is 2. The summed E-state index contributed by atoms with van der Waals surface area (Å²) in [6.07, 6.45) is 0. The average molecular weight is 416 g/mol. The molecule has 0 saturated carbocycles. The number of amides is 1. The van der Waals surface area contributed by atoms with Gasteiger partial charge in [-0.25, -0.2) is 17.9 Å². The highest BCUT2D eigenvalue weighted by atomic mass is 32.2. The largest absolute Gasteiger partial charge is 0.495 e. The van der Waals surface area contributed by atoms with Gasteiger partial charge in [0.15, 0.2) is 6.61 Å². The Bertz CT molecular complexity index is 801. The van der Waals surface area contributed by atoms with Gasteiger partial charge in [0.25, 0.3) is 5.91 Å². The summed E-state index contributed by atoms with van der Waals surface area (Å²) in [5.74, 6) is -1.24. The van der Waals surface area contributed by atoms with Crippen molar-refractivity contribution in [3.8, 4) is 5.75 Å². The third-order valence-electron chi connectivity index (χ3n) is 3.29. The molecule has 2 N–H and O–H groups in total. The smallest absolute Gasteiger partial charge is 0.338 e. The molecule has 0 aromatic heterocycles. The molecule has 0 radical (unpaired) electrons. The van der Waals surface area contributed by atoms with Crippen LogP contribution >= 0.6 is 0 Å². The first-order valence-electron chi connectivity index (χ1n) is 8.57. The molecule has 1 amide bonds. The monoisotopic (exact) mass is 416 g/mol. The first-order valence-corrected chi connectivity index (χ1v) is 10.1. The number of esters is 1. The van der Waals surface area contributed by atoms with Crippen LogP contribution in [0.25, 0.3) is 0 Å². The number of carbonyl (C=O) groups excluding carboxylic acids is 2. The van der Waals surface area contributed by atoms with Gasteiger partial charge in [-0.3, -0.25) is 4.79 Å². The predicted molar refractivity (Wildman–Crippen MR) is 103 cm³/mol. The fourth-order valence-corrected chi connectivity index (χ4v) is 3.91. The molecule has 0 fully saturated rings. The Morgan fingerprint density at radius 1 is 1.18 bits per heavy atom. The van der Waals surface area contributed by atoms with Gasteiger partial charge in [-0.05, 0) is 45.9 Å². The molecule has 1 atom stereocenters. The third kappa shape index (κ3) is 7.45. The van der Waals surface area contributed by atoms with E-state index in [-0.39, 0.29) is 22.3 Å². The Morgan fingerprint density at radius 3 is 2.36 bits per heavy atom. The Morgan fingerprint density at radius 2 is 1.82 bits per heavy atom. The zero-order chi connectivity index (χ0) is 21.5. The average Bonchev–Trinajstić information content (AvgIpc) is 2.57. The number of hydrogen-bond donors (Lipinski definition) is 2. The van der Waals surface area contributed by atoms with E-state index in [4.69, 9.17) is 14.2 Å². The minimum absolute atomic E-state index is 0.0205. The Labute approximate surface area is 165 Å². The summed E-state index contributed by atoms with van der Waals surface area (Å²) < 4.78 is 42.7. The predicted octanol–water partition coefficient (Wildman–Crippen LogP) is 1.08. The molecule has 0 saturated heterocycles. The van der Waals surface area contributed by atoms with Crippen molar-refractivity contribution >= 4 is 21.9 Å². The first-order chi connectivity index (χ1) is 12.9. The molecule has 10 heteroatoms. The van der Waals surface area contributed by atoms with Crippen molar-refractivity contribution in [3.63, 3.8) is 0 Å². The van der Waals surface area contributed by atoms with Crippen molar-refractivity contribution in [1.29, 1.82) is 0 Å². The van der Waals surface area contributed by atoms with Gasteiger partial charge in [-0.1, -0.05) is 0 Å². The zero-order valence-electron chi connectivity index (χ0n) is 17.0. The van der Waals surface area contributed by atoms with Gasteiger partial charge in [0, 0.05) is 18.7 Å². The minimum Gasteiger partial charge on any atom is -0.495 e. The lowest BCUT2D eigenvalue weighted by Crippen LogP contribution is -2.40. The van der Waals surface area contributed by atoms with Crippen molar-refractivity contribution in [3.05, 3.63) is 23.8 Å². The molecule has 0 bridgehead atoms. The molecule has 158 valence electrons. The second-order valence-corrected chi connectivity index (χ2v) is 8.87. The van der Waals surface area contributed by atoms with E-state index in [9.17, 15) is 18.0 Å². The van der Waals surface area contributed by atoms with Crippen molar-refractivity contribution in [2.24, 2.45) is 0 Å². The summed E-state index contributed by atoms with van der Waals surface area (Å²) in [5, 5.41) is 2.60.